The van der Waals surface area contributed by atoms with E-state index in [4.69, 9.17) is 9.66 Å². The Labute approximate surface area is 121 Å². The quantitative estimate of drug-likeness (QED) is 0.502. The van der Waals surface area contributed by atoms with E-state index in [1.165, 1.54) is 12.1 Å². The van der Waals surface area contributed by atoms with Crippen LogP contribution in [0.25, 0.3) is 0 Å². The van der Waals surface area contributed by atoms with Crippen LogP contribution in [0.4, 0.5) is 0 Å². The third-order valence-corrected chi connectivity index (χ3v) is 4.31. The van der Waals surface area contributed by atoms with Crippen molar-refractivity contribution in [3.63, 3.8) is 0 Å². The Morgan fingerprint density at radius 1 is 1.24 bits per heavy atom. The second kappa shape index (κ2) is 6.06. The van der Waals surface area contributed by atoms with Crippen LogP contribution in [0.5, 0.6) is 0 Å². The number of rotatable bonds is 7. The predicted octanol–water partition coefficient (Wildman–Crippen LogP) is 0.827. The molecule has 0 saturated carbocycles. The van der Waals surface area contributed by atoms with Crippen molar-refractivity contribution in [3.05, 3.63) is 48.6 Å². The van der Waals surface area contributed by atoms with Crippen LogP contribution < -0.4 is 0 Å². The SMILES string of the molecule is C=CC(Cc1ccccc1)(C(=O)O)C(C(=O)O)S(=O)(=O)O. The number of carboxylic acids is 2. The molecule has 0 bridgehead atoms. The van der Waals surface area contributed by atoms with Crippen molar-refractivity contribution in [2.24, 2.45) is 5.41 Å². The molecule has 0 heterocycles. The first kappa shape index (κ1) is 16.9. The van der Waals surface area contributed by atoms with E-state index < -0.39 is 39.1 Å². The Balaban J connectivity index is 3.49. The molecule has 2 atom stereocenters. The molecular weight excluding hydrogens is 300 g/mol. The molecule has 0 spiro atoms. The minimum Gasteiger partial charge on any atom is -0.481 e. The molecule has 0 fully saturated rings. The van der Waals surface area contributed by atoms with Crippen LogP contribution in [0.2, 0.25) is 0 Å². The Morgan fingerprint density at radius 2 is 1.76 bits per heavy atom. The summed E-state index contributed by atoms with van der Waals surface area (Å²) in [6, 6.07) is 7.88. The summed E-state index contributed by atoms with van der Waals surface area (Å²) in [7, 11) is -5.15. The zero-order valence-corrected chi connectivity index (χ0v) is 11.7. The van der Waals surface area contributed by atoms with E-state index in [2.05, 4.69) is 6.58 Å². The molecule has 0 amide bonds. The Bertz CT molecular complexity index is 650. The topological polar surface area (TPSA) is 129 Å². The Hall–Kier alpha value is -2.19. The highest BCUT2D eigenvalue weighted by atomic mass is 32.2. The molecule has 0 radical (unpaired) electrons. The van der Waals surface area contributed by atoms with Gasteiger partial charge in [-0.2, -0.15) is 8.42 Å². The average molecular weight is 314 g/mol. The zero-order valence-electron chi connectivity index (χ0n) is 10.8. The van der Waals surface area contributed by atoms with E-state index in [1.54, 1.807) is 18.2 Å². The van der Waals surface area contributed by atoms with Crippen LogP contribution in [0, 0.1) is 5.41 Å². The van der Waals surface area contributed by atoms with Crippen molar-refractivity contribution in [3.8, 4) is 0 Å². The van der Waals surface area contributed by atoms with Gasteiger partial charge in [-0.15, -0.1) is 6.58 Å². The standard InChI is InChI=1S/C13H14O7S/c1-2-13(12(16)17,8-9-6-4-3-5-7-9)10(11(14)15)21(18,19)20/h2-7,10H,1,8H2,(H,14,15)(H,16,17)(H,18,19,20). The molecule has 21 heavy (non-hydrogen) atoms. The second-order valence-corrected chi connectivity index (χ2v) is 5.95. The first-order valence-electron chi connectivity index (χ1n) is 5.75. The lowest BCUT2D eigenvalue weighted by Gasteiger charge is -2.30. The number of aliphatic carboxylic acids is 2. The number of carboxylic acid groups (broad SMARTS) is 2. The highest BCUT2D eigenvalue weighted by Crippen LogP contribution is 2.33. The average Bonchev–Trinajstić information content (AvgIpc) is 2.36. The van der Waals surface area contributed by atoms with Gasteiger partial charge >= 0.3 is 11.9 Å². The van der Waals surface area contributed by atoms with Gasteiger partial charge in [0.25, 0.3) is 10.1 Å². The molecule has 114 valence electrons. The smallest absolute Gasteiger partial charge is 0.325 e. The van der Waals surface area contributed by atoms with Gasteiger partial charge in [0.05, 0.1) is 0 Å². The van der Waals surface area contributed by atoms with Crippen LogP contribution in [-0.2, 0) is 26.1 Å². The highest BCUT2D eigenvalue weighted by molar-refractivity contribution is 7.87. The summed E-state index contributed by atoms with van der Waals surface area (Å²) in [6.07, 6.45) is 0.290. The van der Waals surface area contributed by atoms with E-state index in [1.807, 2.05) is 0 Å². The van der Waals surface area contributed by atoms with Gasteiger partial charge in [0.15, 0.2) is 0 Å². The summed E-state index contributed by atoms with van der Waals surface area (Å²) < 4.78 is 31.8. The van der Waals surface area contributed by atoms with Crippen molar-refractivity contribution in [2.45, 2.75) is 11.7 Å². The van der Waals surface area contributed by atoms with Crippen LogP contribution in [0.1, 0.15) is 5.56 Å². The van der Waals surface area contributed by atoms with Gasteiger partial charge in [-0.3, -0.25) is 14.1 Å². The minimum absolute atomic E-state index is 0.398. The summed E-state index contributed by atoms with van der Waals surface area (Å²) in [6.45, 7) is 3.25. The van der Waals surface area contributed by atoms with Gasteiger partial charge in [-0.1, -0.05) is 36.4 Å². The van der Waals surface area contributed by atoms with Crippen LogP contribution in [0.3, 0.4) is 0 Å². The summed E-state index contributed by atoms with van der Waals surface area (Å²) in [4.78, 5) is 22.7. The maximum Gasteiger partial charge on any atom is 0.325 e. The third-order valence-electron chi connectivity index (χ3n) is 3.09. The van der Waals surface area contributed by atoms with Gasteiger partial charge in [-0.25, -0.2) is 0 Å². The van der Waals surface area contributed by atoms with Gasteiger partial charge in [0.1, 0.15) is 5.41 Å². The van der Waals surface area contributed by atoms with Gasteiger partial charge in [0, 0.05) is 0 Å². The molecule has 1 aromatic rings. The molecule has 0 aliphatic heterocycles. The van der Waals surface area contributed by atoms with Crippen molar-refractivity contribution in [1.82, 2.24) is 0 Å². The fraction of sp³-hybridized carbons (Fsp3) is 0.231. The van der Waals surface area contributed by atoms with Gasteiger partial charge < -0.3 is 10.2 Å². The number of benzene rings is 1. The normalized spacial score (nSPS) is 15.7. The molecule has 0 aromatic heterocycles. The maximum atomic E-state index is 11.5. The Kier molecular flexibility index (Phi) is 4.87. The van der Waals surface area contributed by atoms with E-state index in [-0.39, 0.29) is 0 Å². The van der Waals surface area contributed by atoms with E-state index in [0.29, 0.717) is 5.56 Å². The monoisotopic (exact) mass is 314 g/mol. The first-order chi connectivity index (χ1) is 9.65. The van der Waals surface area contributed by atoms with Crippen LogP contribution >= 0.6 is 0 Å². The number of hydrogen-bond donors (Lipinski definition) is 3. The molecule has 1 aromatic carbocycles. The van der Waals surface area contributed by atoms with E-state index >= 15 is 0 Å². The van der Waals surface area contributed by atoms with Crippen molar-refractivity contribution in [2.75, 3.05) is 0 Å². The summed E-state index contributed by atoms with van der Waals surface area (Å²) in [5.41, 5.74) is -1.99. The molecule has 3 N–H and O–H groups in total. The highest BCUT2D eigenvalue weighted by Gasteiger charge is 2.54. The van der Waals surface area contributed by atoms with Crippen molar-refractivity contribution < 1.29 is 32.8 Å². The molecule has 7 nitrogen and oxygen atoms in total. The fourth-order valence-electron chi connectivity index (χ4n) is 2.09. The van der Waals surface area contributed by atoms with Gasteiger partial charge in [-0.05, 0) is 12.0 Å². The predicted molar refractivity (Wildman–Crippen MR) is 73.4 cm³/mol. The molecule has 0 saturated heterocycles. The number of carbonyl (C=O) groups is 2. The van der Waals surface area contributed by atoms with Crippen LogP contribution in [-0.4, -0.2) is 40.4 Å². The summed E-state index contributed by atoms with van der Waals surface area (Å²) >= 11 is 0. The second-order valence-electron chi connectivity index (χ2n) is 4.45. The summed E-state index contributed by atoms with van der Waals surface area (Å²) in [5.74, 6) is -3.66. The van der Waals surface area contributed by atoms with E-state index in [0.717, 1.165) is 6.08 Å². The lowest BCUT2D eigenvalue weighted by Crippen LogP contribution is -2.51. The van der Waals surface area contributed by atoms with Crippen molar-refractivity contribution >= 4 is 22.1 Å². The first-order valence-corrected chi connectivity index (χ1v) is 7.25. The maximum absolute atomic E-state index is 11.5. The molecule has 1 rings (SSSR count). The third kappa shape index (κ3) is 3.47. The Morgan fingerprint density at radius 3 is 2.10 bits per heavy atom. The summed E-state index contributed by atoms with van der Waals surface area (Å²) in [5, 5.41) is 15.9. The van der Waals surface area contributed by atoms with Crippen molar-refractivity contribution in [1.29, 1.82) is 0 Å². The fourth-order valence-corrected chi connectivity index (χ4v) is 3.16. The zero-order chi connectivity index (χ0) is 16.3. The lowest BCUT2D eigenvalue weighted by atomic mass is 9.78. The largest absolute Gasteiger partial charge is 0.481 e. The number of hydrogen-bond acceptors (Lipinski definition) is 4. The minimum atomic E-state index is -5.15. The molecule has 2 unspecified atom stereocenters. The molecular formula is C13H14O7S. The lowest BCUT2D eigenvalue weighted by molar-refractivity contribution is -0.152. The molecule has 0 aliphatic carbocycles. The van der Waals surface area contributed by atoms with Gasteiger partial charge in [0.2, 0.25) is 5.25 Å². The molecule has 8 heteroatoms. The molecule has 0 aliphatic rings. The van der Waals surface area contributed by atoms with Crippen LogP contribution in [0.15, 0.2) is 43.0 Å². The van der Waals surface area contributed by atoms with E-state index in [9.17, 15) is 23.1 Å².